The van der Waals surface area contributed by atoms with Gasteiger partial charge in [-0.1, -0.05) is 24.3 Å². The van der Waals surface area contributed by atoms with Crippen molar-refractivity contribution in [3.8, 4) is 0 Å². The van der Waals surface area contributed by atoms with Crippen molar-refractivity contribution < 1.29 is 5.11 Å². The van der Waals surface area contributed by atoms with Crippen LogP contribution in [-0.4, -0.2) is 5.11 Å². The molecule has 0 aliphatic heterocycles. The highest BCUT2D eigenvalue weighted by molar-refractivity contribution is 7.10. The molecule has 0 bridgehead atoms. The van der Waals surface area contributed by atoms with Crippen LogP contribution in [0.1, 0.15) is 34.4 Å². The Balaban J connectivity index is 2.19. The summed E-state index contributed by atoms with van der Waals surface area (Å²) in [6.45, 7) is 2.09. The first-order valence-corrected chi connectivity index (χ1v) is 6.95. The molecule has 1 heterocycles. The number of rotatable bonds is 1. The molecule has 2 aromatic rings. The van der Waals surface area contributed by atoms with Crippen molar-refractivity contribution in [3.63, 3.8) is 0 Å². The number of fused-ring (bicyclic) bond motifs is 1. The second kappa shape index (κ2) is 3.97. The van der Waals surface area contributed by atoms with Crippen LogP contribution in [-0.2, 0) is 12.0 Å². The fourth-order valence-electron chi connectivity index (χ4n) is 2.90. The van der Waals surface area contributed by atoms with E-state index in [0.29, 0.717) is 0 Å². The molecule has 0 spiro atoms. The molecule has 0 radical (unpaired) electrons. The summed E-state index contributed by atoms with van der Waals surface area (Å²) in [5.41, 5.74) is 2.73. The summed E-state index contributed by atoms with van der Waals surface area (Å²) < 4.78 is 0. The topological polar surface area (TPSA) is 20.2 Å². The number of hydrogen-bond acceptors (Lipinski definition) is 2. The molecule has 17 heavy (non-hydrogen) atoms. The van der Waals surface area contributed by atoms with Gasteiger partial charge >= 0.3 is 0 Å². The van der Waals surface area contributed by atoms with Gasteiger partial charge in [0.2, 0.25) is 0 Å². The maximum Gasteiger partial charge on any atom is 0.116 e. The molecule has 1 aromatic carbocycles. The van der Waals surface area contributed by atoms with E-state index in [-0.39, 0.29) is 0 Å². The van der Waals surface area contributed by atoms with Crippen molar-refractivity contribution in [1.82, 2.24) is 0 Å². The lowest BCUT2D eigenvalue weighted by Crippen LogP contribution is -2.32. The fraction of sp³-hybridized carbons (Fsp3) is 0.333. The van der Waals surface area contributed by atoms with Crippen molar-refractivity contribution in [3.05, 3.63) is 57.3 Å². The van der Waals surface area contributed by atoms with Crippen molar-refractivity contribution in [2.45, 2.75) is 31.8 Å². The van der Waals surface area contributed by atoms with Gasteiger partial charge in [0.25, 0.3) is 0 Å². The summed E-state index contributed by atoms with van der Waals surface area (Å²) in [4.78, 5) is 1.23. The summed E-state index contributed by atoms with van der Waals surface area (Å²) in [7, 11) is 0. The molecular formula is C15H16OS. The molecule has 1 aliphatic carbocycles. The van der Waals surface area contributed by atoms with Crippen molar-refractivity contribution in [1.29, 1.82) is 0 Å². The van der Waals surface area contributed by atoms with Gasteiger partial charge < -0.3 is 5.11 Å². The van der Waals surface area contributed by atoms with E-state index in [1.165, 1.54) is 10.4 Å². The highest BCUT2D eigenvalue weighted by atomic mass is 32.1. The van der Waals surface area contributed by atoms with Gasteiger partial charge in [0.15, 0.2) is 0 Å². The average molecular weight is 244 g/mol. The normalized spacial score (nSPS) is 23.4. The van der Waals surface area contributed by atoms with E-state index in [0.717, 1.165) is 30.4 Å². The highest BCUT2D eigenvalue weighted by Crippen LogP contribution is 2.42. The van der Waals surface area contributed by atoms with Crippen molar-refractivity contribution in [2.75, 3.05) is 0 Å². The molecule has 1 nitrogen and oxygen atoms in total. The zero-order valence-electron chi connectivity index (χ0n) is 9.94. The molecule has 1 aliphatic rings. The molecule has 1 N–H and O–H groups in total. The van der Waals surface area contributed by atoms with Crippen LogP contribution in [0.5, 0.6) is 0 Å². The third-order valence-corrected chi connectivity index (χ3v) is 4.60. The lowest BCUT2D eigenvalue weighted by Gasteiger charge is -2.35. The summed E-state index contributed by atoms with van der Waals surface area (Å²) in [6.07, 6.45) is 2.98. The van der Waals surface area contributed by atoms with Gasteiger partial charge in [0.05, 0.1) is 0 Å². The Hall–Kier alpha value is -1.12. The van der Waals surface area contributed by atoms with Crippen LogP contribution in [0.2, 0.25) is 0 Å². The van der Waals surface area contributed by atoms with E-state index in [2.05, 4.69) is 36.6 Å². The van der Waals surface area contributed by atoms with Crippen molar-refractivity contribution in [2.24, 2.45) is 0 Å². The molecule has 0 saturated carbocycles. The Morgan fingerprint density at radius 1 is 1.18 bits per heavy atom. The lowest BCUT2D eigenvalue weighted by molar-refractivity contribution is 0.0615. The number of aliphatic hydroxyl groups is 1. The monoisotopic (exact) mass is 244 g/mol. The molecule has 1 unspecified atom stereocenters. The van der Waals surface area contributed by atoms with Gasteiger partial charge in [-0.3, -0.25) is 0 Å². The first kappa shape index (κ1) is 11.0. The first-order chi connectivity index (χ1) is 8.22. The van der Waals surface area contributed by atoms with Gasteiger partial charge in [0.1, 0.15) is 5.60 Å². The predicted octanol–water partition coefficient (Wildman–Crippen LogP) is 3.63. The largest absolute Gasteiger partial charge is 0.380 e. The minimum Gasteiger partial charge on any atom is -0.380 e. The predicted molar refractivity (Wildman–Crippen MR) is 71.4 cm³/mol. The highest BCUT2D eigenvalue weighted by Gasteiger charge is 2.37. The summed E-state index contributed by atoms with van der Waals surface area (Å²) >= 11 is 1.71. The van der Waals surface area contributed by atoms with E-state index in [1.807, 2.05) is 6.07 Å². The molecule has 0 fully saturated rings. The third-order valence-electron chi connectivity index (χ3n) is 3.75. The Kier molecular flexibility index (Phi) is 2.57. The second-order valence-electron chi connectivity index (χ2n) is 4.76. The quantitative estimate of drug-likeness (QED) is 0.812. The molecule has 2 heteroatoms. The van der Waals surface area contributed by atoms with E-state index in [4.69, 9.17) is 0 Å². The SMILES string of the molecule is Cc1sccc1C1(O)CCCc2ccccc21. The fourth-order valence-corrected chi connectivity index (χ4v) is 3.68. The van der Waals surface area contributed by atoms with Gasteiger partial charge in [-0.25, -0.2) is 0 Å². The van der Waals surface area contributed by atoms with Gasteiger partial charge in [-0.2, -0.15) is 0 Å². The van der Waals surface area contributed by atoms with Crippen LogP contribution in [0.25, 0.3) is 0 Å². The number of aryl methyl sites for hydroxylation is 2. The zero-order valence-corrected chi connectivity index (χ0v) is 10.8. The molecule has 88 valence electrons. The Morgan fingerprint density at radius 2 is 2.00 bits per heavy atom. The van der Waals surface area contributed by atoms with Crippen LogP contribution in [0.3, 0.4) is 0 Å². The van der Waals surface area contributed by atoms with Gasteiger partial charge in [-0.15, -0.1) is 11.3 Å². The summed E-state index contributed by atoms with van der Waals surface area (Å²) in [6, 6.07) is 10.4. The summed E-state index contributed by atoms with van der Waals surface area (Å²) in [5, 5.41) is 13.1. The van der Waals surface area contributed by atoms with E-state index < -0.39 is 5.60 Å². The second-order valence-corrected chi connectivity index (χ2v) is 5.88. The third kappa shape index (κ3) is 1.63. The standard InChI is InChI=1S/C15H16OS/c1-11-13(8-10-17-11)15(16)9-4-6-12-5-2-3-7-14(12)15/h2-3,5,7-8,10,16H,4,6,9H2,1H3. The Morgan fingerprint density at radius 3 is 2.76 bits per heavy atom. The Labute approximate surface area is 106 Å². The minimum absolute atomic E-state index is 0.765. The van der Waals surface area contributed by atoms with Gasteiger partial charge in [0, 0.05) is 10.4 Å². The van der Waals surface area contributed by atoms with Crippen LogP contribution >= 0.6 is 11.3 Å². The molecule has 1 aromatic heterocycles. The minimum atomic E-state index is -0.765. The van der Waals surface area contributed by atoms with E-state index in [1.54, 1.807) is 11.3 Å². The van der Waals surface area contributed by atoms with E-state index in [9.17, 15) is 5.11 Å². The van der Waals surface area contributed by atoms with E-state index >= 15 is 0 Å². The molecular weight excluding hydrogens is 228 g/mol. The lowest BCUT2D eigenvalue weighted by atomic mass is 9.75. The molecule has 1 atom stereocenters. The van der Waals surface area contributed by atoms with Crippen LogP contribution in [0, 0.1) is 6.92 Å². The van der Waals surface area contributed by atoms with Crippen LogP contribution in [0.4, 0.5) is 0 Å². The molecule has 0 saturated heterocycles. The van der Waals surface area contributed by atoms with Gasteiger partial charge in [-0.05, 0) is 48.8 Å². The maximum atomic E-state index is 11.1. The number of hydrogen-bond donors (Lipinski definition) is 1. The van der Waals surface area contributed by atoms with Crippen LogP contribution < -0.4 is 0 Å². The smallest absolute Gasteiger partial charge is 0.116 e. The molecule has 0 amide bonds. The number of benzene rings is 1. The summed E-state index contributed by atoms with van der Waals surface area (Å²) in [5.74, 6) is 0. The maximum absolute atomic E-state index is 11.1. The first-order valence-electron chi connectivity index (χ1n) is 6.07. The number of thiophene rings is 1. The Bertz CT molecular complexity index is 543. The average Bonchev–Trinajstić information content (AvgIpc) is 2.77. The van der Waals surface area contributed by atoms with Crippen LogP contribution in [0.15, 0.2) is 35.7 Å². The zero-order chi connectivity index (χ0) is 11.9. The molecule has 3 rings (SSSR count). The van der Waals surface area contributed by atoms with Crippen molar-refractivity contribution >= 4 is 11.3 Å².